The van der Waals surface area contributed by atoms with Crippen LogP contribution >= 0.6 is 11.8 Å². The van der Waals surface area contributed by atoms with Crippen molar-refractivity contribution >= 4 is 17.4 Å². The summed E-state index contributed by atoms with van der Waals surface area (Å²) in [6.45, 7) is 4.49. The second kappa shape index (κ2) is 6.15. The fourth-order valence-electron chi connectivity index (χ4n) is 1.46. The fourth-order valence-corrected chi connectivity index (χ4v) is 2.23. The number of aromatic nitrogens is 2. The van der Waals surface area contributed by atoms with E-state index in [1.54, 1.807) is 18.0 Å². The number of rotatable bonds is 6. The van der Waals surface area contributed by atoms with E-state index < -0.39 is 0 Å². The summed E-state index contributed by atoms with van der Waals surface area (Å²) in [5.41, 5.74) is 2.22. The van der Waals surface area contributed by atoms with Gasteiger partial charge in [-0.25, -0.2) is 0 Å². The van der Waals surface area contributed by atoms with E-state index in [9.17, 15) is 0 Å². The van der Waals surface area contributed by atoms with Gasteiger partial charge in [-0.2, -0.15) is 5.10 Å². The predicted molar refractivity (Wildman–Crippen MR) is 73.3 cm³/mol. The van der Waals surface area contributed by atoms with Crippen LogP contribution in [0.15, 0.2) is 54.1 Å². The van der Waals surface area contributed by atoms with Gasteiger partial charge in [-0.3, -0.25) is 5.10 Å². The Hall–Kier alpha value is -1.68. The van der Waals surface area contributed by atoms with Gasteiger partial charge in [0, 0.05) is 22.5 Å². The van der Waals surface area contributed by atoms with Crippen molar-refractivity contribution in [3.05, 3.63) is 54.9 Å². The molecule has 2 aromatic rings. The topological polar surface area (TPSA) is 40.7 Å². The maximum absolute atomic E-state index is 3.92. The number of hydrogen-bond donors (Lipinski definition) is 2. The molecule has 0 saturated heterocycles. The number of para-hydroxylation sites is 1. The van der Waals surface area contributed by atoms with Crippen molar-refractivity contribution in [2.45, 2.75) is 11.4 Å². The summed E-state index contributed by atoms with van der Waals surface area (Å²) in [6, 6.07) is 10.2. The Bertz CT molecular complexity index is 465. The maximum atomic E-state index is 3.92. The molecule has 0 amide bonds. The van der Waals surface area contributed by atoms with Crippen molar-refractivity contribution in [1.82, 2.24) is 10.2 Å². The van der Waals surface area contributed by atoms with Gasteiger partial charge in [0.2, 0.25) is 0 Å². The first-order chi connectivity index (χ1) is 8.40. The van der Waals surface area contributed by atoms with Crippen LogP contribution in [0, 0.1) is 0 Å². The second-order valence-corrected chi connectivity index (χ2v) is 4.59. The molecule has 0 saturated carbocycles. The van der Waals surface area contributed by atoms with E-state index >= 15 is 0 Å². The molecule has 0 spiro atoms. The van der Waals surface area contributed by atoms with Crippen molar-refractivity contribution in [3.63, 3.8) is 0 Å². The molecule has 88 valence electrons. The van der Waals surface area contributed by atoms with Gasteiger partial charge >= 0.3 is 0 Å². The van der Waals surface area contributed by atoms with Gasteiger partial charge in [0.1, 0.15) is 0 Å². The summed E-state index contributed by atoms with van der Waals surface area (Å²) >= 11 is 1.78. The molecule has 0 aliphatic heterocycles. The number of H-pyrrole nitrogens is 1. The Kier molecular flexibility index (Phi) is 4.27. The van der Waals surface area contributed by atoms with Crippen LogP contribution in [0.5, 0.6) is 0 Å². The Balaban J connectivity index is 2.01. The summed E-state index contributed by atoms with van der Waals surface area (Å²) in [6.07, 6.45) is 3.67. The number of hydrogen-bond acceptors (Lipinski definition) is 3. The number of benzene rings is 1. The fraction of sp³-hybridized carbons (Fsp3) is 0.154. The van der Waals surface area contributed by atoms with Gasteiger partial charge in [-0.15, -0.1) is 18.3 Å². The Morgan fingerprint density at radius 1 is 1.35 bits per heavy atom. The first-order valence-corrected chi connectivity index (χ1v) is 6.43. The van der Waals surface area contributed by atoms with E-state index in [0.29, 0.717) is 0 Å². The molecule has 0 aliphatic carbocycles. The zero-order valence-electron chi connectivity index (χ0n) is 9.52. The van der Waals surface area contributed by atoms with Gasteiger partial charge < -0.3 is 5.32 Å². The minimum absolute atomic E-state index is 0.756. The van der Waals surface area contributed by atoms with Crippen LogP contribution < -0.4 is 5.32 Å². The van der Waals surface area contributed by atoms with Gasteiger partial charge in [0.25, 0.3) is 0 Å². The third-order valence-corrected chi connectivity index (χ3v) is 3.34. The van der Waals surface area contributed by atoms with Gasteiger partial charge in [0.05, 0.1) is 12.2 Å². The summed E-state index contributed by atoms with van der Waals surface area (Å²) < 4.78 is 0. The Morgan fingerprint density at radius 2 is 2.24 bits per heavy atom. The van der Waals surface area contributed by atoms with Crippen LogP contribution in [0.2, 0.25) is 0 Å². The smallest absolute Gasteiger partial charge is 0.0568 e. The SMILES string of the molecule is C=CCSc1ccccc1NCc1ccn[nH]1. The molecule has 1 aromatic heterocycles. The summed E-state index contributed by atoms with van der Waals surface area (Å²) in [7, 11) is 0. The molecule has 0 aliphatic rings. The molecular weight excluding hydrogens is 230 g/mol. The summed E-state index contributed by atoms with van der Waals surface area (Å²) in [5.74, 6) is 0.919. The monoisotopic (exact) mass is 245 g/mol. The zero-order valence-corrected chi connectivity index (χ0v) is 10.3. The van der Waals surface area contributed by atoms with E-state index in [1.165, 1.54) is 4.90 Å². The number of nitrogens with one attached hydrogen (secondary N) is 2. The lowest BCUT2D eigenvalue weighted by Gasteiger charge is -2.09. The van der Waals surface area contributed by atoms with E-state index in [-0.39, 0.29) is 0 Å². The number of aromatic amines is 1. The Labute approximate surface area is 105 Å². The van der Waals surface area contributed by atoms with E-state index in [4.69, 9.17) is 0 Å². The molecule has 0 unspecified atom stereocenters. The molecule has 1 aromatic carbocycles. The lowest BCUT2D eigenvalue weighted by Crippen LogP contribution is -2.00. The highest BCUT2D eigenvalue weighted by molar-refractivity contribution is 7.99. The van der Waals surface area contributed by atoms with E-state index in [1.807, 2.05) is 24.3 Å². The van der Waals surface area contributed by atoms with Crippen molar-refractivity contribution < 1.29 is 0 Å². The largest absolute Gasteiger partial charge is 0.379 e. The van der Waals surface area contributed by atoms with Crippen molar-refractivity contribution in [2.24, 2.45) is 0 Å². The van der Waals surface area contributed by atoms with Crippen LogP contribution in [-0.2, 0) is 6.54 Å². The summed E-state index contributed by atoms with van der Waals surface area (Å²) in [5, 5.41) is 10.3. The molecule has 0 bridgehead atoms. The predicted octanol–water partition coefficient (Wildman–Crippen LogP) is 3.30. The molecule has 17 heavy (non-hydrogen) atoms. The summed E-state index contributed by atoms with van der Waals surface area (Å²) in [4.78, 5) is 1.24. The van der Waals surface area contributed by atoms with E-state index in [0.717, 1.165) is 23.7 Å². The number of anilines is 1. The molecule has 2 rings (SSSR count). The highest BCUT2D eigenvalue weighted by Crippen LogP contribution is 2.27. The molecule has 1 heterocycles. The van der Waals surface area contributed by atoms with Crippen LogP contribution in [0.3, 0.4) is 0 Å². The second-order valence-electron chi connectivity index (χ2n) is 3.53. The highest BCUT2D eigenvalue weighted by atomic mass is 32.2. The average molecular weight is 245 g/mol. The van der Waals surface area contributed by atoms with E-state index in [2.05, 4.69) is 34.2 Å². The Morgan fingerprint density at radius 3 is 3.00 bits per heavy atom. The van der Waals surface area contributed by atoms with Gasteiger partial charge in [-0.1, -0.05) is 18.2 Å². The quantitative estimate of drug-likeness (QED) is 0.606. The van der Waals surface area contributed by atoms with Crippen LogP contribution in [0.4, 0.5) is 5.69 Å². The van der Waals surface area contributed by atoms with Crippen LogP contribution in [0.25, 0.3) is 0 Å². The molecule has 0 radical (unpaired) electrons. The highest BCUT2D eigenvalue weighted by Gasteiger charge is 2.01. The van der Waals surface area contributed by atoms with Crippen molar-refractivity contribution in [2.75, 3.05) is 11.1 Å². The lowest BCUT2D eigenvalue weighted by molar-refractivity contribution is 0.978. The third-order valence-electron chi connectivity index (χ3n) is 2.27. The van der Waals surface area contributed by atoms with Crippen LogP contribution in [0.1, 0.15) is 5.69 Å². The third kappa shape index (κ3) is 3.39. The average Bonchev–Trinajstić information content (AvgIpc) is 2.88. The molecular formula is C13H15N3S. The minimum Gasteiger partial charge on any atom is -0.379 e. The van der Waals surface area contributed by atoms with Gasteiger partial charge in [0.15, 0.2) is 0 Å². The minimum atomic E-state index is 0.756. The first kappa shape index (κ1) is 11.8. The van der Waals surface area contributed by atoms with Crippen LogP contribution in [-0.4, -0.2) is 16.0 Å². The molecule has 4 heteroatoms. The first-order valence-electron chi connectivity index (χ1n) is 5.45. The lowest BCUT2D eigenvalue weighted by atomic mass is 10.3. The number of thioether (sulfide) groups is 1. The van der Waals surface area contributed by atoms with Gasteiger partial charge in [-0.05, 0) is 18.2 Å². The van der Waals surface area contributed by atoms with Crippen molar-refractivity contribution in [1.29, 1.82) is 0 Å². The maximum Gasteiger partial charge on any atom is 0.0568 e. The van der Waals surface area contributed by atoms with Crippen molar-refractivity contribution in [3.8, 4) is 0 Å². The molecule has 2 N–H and O–H groups in total. The molecule has 0 fully saturated rings. The molecule has 0 atom stereocenters. The normalized spacial score (nSPS) is 10.1. The number of nitrogens with zero attached hydrogens (tertiary/aromatic N) is 1. The zero-order chi connectivity index (χ0) is 11.9. The standard InChI is InChI=1S/C13H15N3S/c1-2-9-17-13-6-4-3-5-12(13)14-10-11-7-8-15-16-11/h2-8,14H,1,9-10H2,(H,15,16). The molecule has 3 nitrogen and oxygen atoms in total.